The average molecular weight is 277 g/mol. The van der Waals surface area contributed by atoms with Crippen LogP contribution in [0.4, 0.5) is 4.39 Å². The smallest absolute Gasteiger partial charge is 0.123 e. The topological polar surface area (TPSA) is 12.0 Å². The van der Waals surface area contributed by atoms with Gasteiger partial charge in [0.15, 0.2) is 0 Å². The van der Waals surface area contributed by atoms with E-state index < -0.39 is 0 Å². The maximum atomic E-state index is 13.0. The molecule has 0 spiro atoms. The molecule has 2 rings (SSSR count). The number of hydrogen-bond donors (Lipinski definition) is 1. The molecule has 1 aromatic rings. The number of nitrogens with one attached hydrogen (secondary N) is 1. The molecule has 0 aromatic heterocycles. The van der Waals surface area contributed by atoms with Crippen molar-refractivity contribution in [3.05, 3.63) is 35.6 Å². The Morgan fingerprint density at radius 2 is 1.70 bits per heavy atom. The summed E-state index contributed by atoms with van der Waals surface area (Å²) < 4.78 is 13.0. The highest BCUT2D eigenvalue weighted by molar-refractivity contribution is 5.19. The molecule has 3 atom stereocenters. The van der Waals surface area contributed by atoms with Gasteiger partial charge >= 0.3 is 0 Å². The van der Waals surface area contributed by atoms with E-state index in [9.17, 15) is 4.39 Å². The highest BCUT2D eigenvalue weighted by Gasteiger charge is 2.22. The van der Waals surface area contributed by atoms with Crippen molar-refractivity contribution in [3.8, 4) is 0 Å². The van der Waals surface area contributed by atoms with Gasteiger partial charge in [-0.1, -0.05) is 38.8 Å². The standard InChI is InChI=1S/C18H28FN/c1-13(2)15-5-4-6-18(12-9-15)20-14(3)16-7-10-17(19)11-8-16/h7-8,10-11,13-15,18,20H,4-6,9,12H2,1-3H3. The number of rotatable bonds is 4. The lowest BCUT2D eigenvalue weighted by atomic mass is 9.89. The Morgan fingerprint density at radius 1 is 1.00 bits per heavy atom. The van der Waals surface area contributed by atoms with Crippen LogP contribution in [0.15, 0.2) is 24.3 Å². The molecule has 1 aromatic carbocycles. The molecule has 20 heavy (non-hydrogen) atoms. The molecule has 0 radical (unpaired) electrons. The Morgan fingerprint density at radius 3 is 2.35 bits per heavy atom. The molecule has 1 nitrogen and oxygen atoms in total. The van der Waals surface area contributed by atoms with Crippen LogP contribution in [-0.4, -0.2) is 6.04 Å². The molecule has 0 bridgehead atoms. The van der Waals surface area contributed by atoms with Crippen molar-refractivity contribution < 1.29 is 4.39 Å². The van der Waals surface area contributed by atoms with Crippen molar-refractivity contribution in [1.29, 1.82) is 0 Å². The van der Waals surface area contributed by atoms with Crippen LogP contribution in [0, 0.1) is 17.7 Å². The largest absolute Gasteiger partial charge is 0.307 e. The van der Waals surface area contributed by atoms with E-state index in [-0.39, 0.29) is 5.82 Å². The van der Waals surface area contributed by atoms with Crippen molar-refractivity contribution in [1.82, 2.24) is 5.32 Å². The lowest BCUT2D eigenvalue weighted by Gasteiger charge is -2.23. The van der Waals surface area contributed by atoms with Crippen LogP contribution in [0.5, 0.6) is 0 Å². The fraction of sp³-hybridized carbons (Fsp3) is 0.667. The normalized spacial score (nSPS) is 25.4. The zero-order valence-electron chi connectivity index (χ0n) is 13.0. The third-order valence-corrected chi connectivity index (χ3v) is 4.81. The summed E-state index contributed by atoms with van der Waals surface area (Å²) in [6.07, 6.45) is 6.59. The second kappa shape index (κ2) is 7.21. The molecule has 1 aliphatic rings. The highest BCUT2D eigenvalue weighted by atomic mass is 19.1. The summed E-state index contributed by atoms with van der Waals surface area (Å²) in [6, 6.07) is 7.79. The van der Waals surface area contributed by atoms with Crippen molar-refractivity contribution in [3.63, 3.8) is 0 Å². The third-order valence-electron chi connectivity index (χ3n) is 4.81. The molecule has 2 heteroatoms. The first kappa shape index (κ1) is 15.5. The Labute approximate surface area is 123 Å². The summed E-state index contributed by atoms with van der Waals surface area (Å²) in [5.74, 6) is 1.54. The van der Waals surface area contributed by atoms with Crippen molar-refractivity contribution in [2.24, 2.45) is 11.8 Å². The van der Waals surface area contributed by atoms with Crippen molar-refractivity contribution >= 4 is 0 Å². The molecule has 0 aliphatic heterocycles. The van der Waals surface area contributed by atoms with Crippen LogP contribution in [0.1, 0.15) is 64.5 Å². The van der Waals surface area contributed by atoms with E-state index in [4.69, 9.17) is 0 Å². The van der Waals surface area contributed by atoms with E-state index in [2.05, 4.69) is 26.1 Å². The van der Waals surface area contributed by atoms with Gasteiger partial charge in [0.05, 0.1) is 0 Å². The van der Waals surface area contributed by atoms with Crippen LogP contribution in [0.25, 0.3) is 0 Å². The monoisotopic (exact) mass is 277 g/mol. The van der Waals surface area contributed by atoms with Crippen LogP contribution in [0.3, 0.4) is 0 Å². The third kappa shape index (κ3) is 4.31. The Kier molecular flexibility index (Phi) is 5.59. The fourth-order valence-electron chi connectivity index (χ4n) is 3.36. The first-order valence-corrected chi connectivity index (χ1v) is 8.07. The van der Waals surface area contributed by atoms with Crippen LogP contribution in [-0.2, 0) is 0 Å². The molecule has 3 unspecified atom stereocenters. The van der Waals surface area contributed by atoms with E-state index in [1.807, 2.05) is 12.1 Å². The highest BCUT2D eigenvalue weighted by Crippen LogP contribution is 2.29. The molecular formula is C18H28FN. The summed E-state index contributed by atoms with van der Waals surface area (Å²) in [5.41, 5.74) is 1.18. The van der Waals surface area contributed by atoms with Crippen molar-refractivity contribution in [2.45, 2.75) is 65.0 Å². The van der Waals surface area contributed by atoms with Crippen LogP contribution < -0.4 is 5.32 Å². The van der Waals surface area contributed by atoms with E-state index in [0.29, 0.717) is 12.1 Å². The van der Waals surface area contributed by atoms with E-state index >= 15 is 0 Å². The minimum Gasteiger partial charge on any atom is -0.307 e. The van der Waals surface area contributed by atoms with E-state index in [1.165, 1.54) is 37.7 Å². The minimum absolute atomic E-state index is 0.157. The SMILES string of the molecule is CC(NC1CCCC(C(C)C)CC1)c1ccc(F)cc1. The van der Waals surface area contributed by atoms with Gasteiger partial charge in [0.1, 0.15) is 5.82 Å². The van der Waals surface area contributed by atoms with Crippen LogP contribution in [0.2, 0.25) is 0 Å². The average Bonchev–Trinajstić information content (AvgIpc) is 2.65. The molecule has 0 heterocycles. The quantitative estimate of drug-likeness (QED) is 0.757. The molecule has 1 saturated carbocycles. The maximum absolute atomic E-state index is 13.0. The molecule has 1 fully saturated rings. The zero-order valence-corrected chi connectivity index (χ0v) is 13.0. The van der Waals surface area contributed by atoms with Gasteiger partial charge in [0.2, 0.25) is 0 Å². The summed E-state index contributed by atoms with van der Waals surface area (Å²) >= 11 is 0. The second-order valence-corrected chi connectivity index (χ2v) is 6.65. The minimum atomic E-state index is -0.157. The maximum Gasteiger partial charge on any atom is 0.123 e. The number of benzene rings is 1. The number of hydrogen-bond acceptors (Lipinski definition) is 1. The molecule has 1 aliphatic carbocycles. The Bertz CT molecular complexity index is 398. The predicted octanol–water partition coefficient (Wildman–Crippen LogP) is 5.08. The van der Waals surface area contributed by atoms with Gasteiger partial charge in [-0.2, -0.15) is 0 Å². The van der Waals surface area contributed by atoms with Gasteiger partial charge in [0, 0.05) is 12.1 Å². The lowest BCUT2D eigenvalue weighted by molar-refractivity contribution is 0.335. The predicted molar refractivity (Wildman–Crippen MR) is 83.2 cm³/mol. The van der Waals surface area contributed by atoms with Crippen molar-refractivity contribution in [2.75, 3.05) is 0 Å². The first-order chi connectivity index (χ1) is 9.56. The van der Waals surface area contributed by atoms with Crippen LogP contribution >= 0.6 is 0 Å². The van der Waals surface area contributed by atoms with Gasteiger partial charge in [-0.15, -0.1) is 0 Å². The fourth-order valence-corrected chi connectivity index (χ4v) is 3.36. The molecular weight excluding hydrogens is 249 g/mol. The van der Waals surface area contributed by atoms with Gasteiger partial charge in [0.25, 0.3) is 0 Å². The second-order valence-electron chi connectivity index (χ2n) is 6.65. The summed E-state index contributed by atoms with van der Waals surface area (Å²) in [5, 5.41) is 3.73. The lowest BCUT2D eigenvalue weighted by Crippen LogP contribution is -2.31. The first-order valence-electron chi connectivity index (χ1n) is 8.07. The summed E-state index contributed by atoms with van der Waals surface area (Å²) in [7, 11) is 0. The molecule has 0 amide bonds. The zero-order chi connectivity index (χ0) is 14.5. The molecule has 112 valence electrons. The number of halogens is 1. The Balaban J connectivity index is 1.88. The van der Waals surface area contributed by atoms with Gasteiger partial charge in [-0.25, -0.2) is 4.39 Å². The Hall–Kier alpha value is -0.890. The van der Waals surface area contributed by atoms with Gasteiger partial charge in [-0.3, -0.25) is 0 Å². The van der Waals surface area contributed by atoms with E-state index in [0.717, 1.165) is 11.8 Å². The van der Waals surface area contributed by atoms with Gasteiger partial charge < -0.3 is 5.32 Å². The molecule has 0 saturated heterocycles. The summed E-state index contributed by atoms with van der Waals surface area (Å²) in [4.78, 5) is 0. The van der Waals surface area contributed by atoms with E-state index in [1.54, 1.807) is 12.1 Å². The molecule has 1 N–H and O–H groups in total. The van der Waals surface area contributed by atoms with Gasteiger partial charge in [-0.05, 0) is 55.7 Å². The summed E-state index contributed by atoms with van der Waals surface area (Å²) in [6.45, 7) is 6.87.